The fourth-order valence-electron chi connectivity index (χ4n) is 4.84. The summed E-state index contributed by atoms with van der Waals surface area (Å²) in [7, 11) is 0. The number of rotatable bonds is 6. The van der Waals surface area contributed by atoms with Crippen molar-refractivity contribution in [3.63, 3.8) is 0 Å². The van der Waals surface area contributed by atoms with Gasteiger partial charge in [0.15, 0.2) is 17.9 Å². The second-order valence-corrected chi connectivity index (χ2v) is 8.03. The predicted molar refractivity (Wildman–Crippen MR) is 101 cm³/mol. The van der Waals surface area contributed by atoms with Crippen LogP contribution in [0, 0.1) is 23.5 Å². The second kappa shape index (κ2) is 9.33. The highest BCUT2D eigenvalue weighted by molar-refractivity contribution is 5.33. The zero-order valence-electron chi connectivity index (χ0n) is 16.4. The minimum absolute atomic E-state index is 0.0226. The van der Waals surface area contributed by atoms with Crippen LogP contribution in [0.1, 0.15) is 76.7 Å². The number of hydrogen-bond acceptors (Lipinski definition) is 3. The number of hydrogen-bond donors (Lipinski definition) is 1. The van der Waals surface area contributed by atoms with E-state index in [1.807, 2.05) is 0 Å². The summed E-state index contributed by atoms with van der Waals surface area (Å²) in [6.07, 6.45) is 7.58. The van der Waals surface area contributed by atoms with Gasteiger partial charge in [-0.1, -0.05) is 38.7 Å². The highest BCUT2D eigenvalue weighted by Crippen LogP contribution is 2.42. The summed E-state index contributed by atoms with van der Waals surface area (Å²) >= 11 is 0. The highest BCUT2D eigenvalue weighted by Gasteiger charge is 2.37. The maximum Gasteiger partial charge on any atom is 0.200 e. The van der Waals surface area contributed by atoms with Gasteiger partial charge in [-0.05, 0) is 56.1 Å². The van der Waals surface area contributed by atoms with Crippen molar-refractivity contribution in [1.82, 2.24) is 0 Å². The Balaban J connectivity index is 1.62. The molecule has 0 spiro atoms. The van der Waals surface area contributed by atoms with Gasteiger partial charge in [0.25, 0.3) is 0 Å². The molecule has 3 unspecified atom stereocenters. The van der Waals surface area contributed by atoms with Crippen LogP contribution >= 0.6 is 0 Å². The minimum Gasteiger partial charge on any atom is -0.491 e. The molecule has 0 aromatic heterocycles. The van der Waals surface area contributed by atoms with E-state index >= 15 is 0 Å². The average Bonchev–Trinajstić information content (AvgIpc) is 2.67. The molecule has 1 aromatic carbocycles. The molecule has 3 rings (SSSR count). The summed E-state index contributed by atoms with van der Waals surface area (Å²) in [5, 5.41) is 10.5. The number of aliphatic hydroxyl groups is 1. The Bertz CT molecular complexity index is 614. The zero-order chi connectivity index (χ0) is 19.4. The molecule has 1 aromatic rings. The lowest BCUT2D eigenvalue weighted by atomic mass is 9.75. The Morgan fingerprint density at radius 1 is 1.04 bits per heavy atom. The summed E-state index contributed by atoms with van der Waals surface area (Å²) in [6, 6.07) is 2.95. The summed E-state index contributed by atoms with van der Waals surface area (Å²) in [5.41, 5.74) is 0.175. The smallest absolute Gasteiger partial charge is 0.200 e. The SMILES string of the molecule is CCC[C@H]1CC[C@H](C2CCC(c3ccc(OCC)c(F)c3F)C(O)O2)CC1. The summed E-state index contributed by atoms with van der Waals surface area (Å²) in [4.78, 5) is 0. The molecule has 152 valence electrons. The van der Waals surface area contributed by atoms with Crippen molar-refractivity contribution in [3.05, 3.63) is 29.3 Å². The van der Waals surface area contributed by atoms with Gasteiger partial charge in [0.05, 0.1) is 12.7 Å². The molecule has 1 aliphatic carbocycles. The summed E-state index contributed by atoms with van der Waals surface area (Å²) < 4.78 is 39.7. The maximum absolute atomic E-state index is 14.5. The third kappa shape index (κ3) is 4.62. The maximum atomic E-state index is 14.5. The van der Waals surface area contributed by atoms with Gasteiger partial charge in [-0.25, -0.2) is 4.39 Å². The molecule has 0 radical (unpaired) electrons. The zero-order valence-corrected chi connectivity index (χ0v) is 16.4. The molecule has 0 bridgehead atoms. The number of aliphatic hydroxyl groups excluding tert-OH is 1. The largest absolute Gasteiger partial charge is 0.491 e. The van der Waals surface area contributed by atoms with E-state index < -0.39 is 23.8 Å². The van der Waals surface area contributed by atoms with E-state index in [0.29, 0.717) is 12.3 Å². The first-order valence-corrected chi connectivity index (χ1v) is 10.5. The Hall–Kier alpha value is -1.20. The molecule has 1 saturated carbocycles. The van der Waals surface area contributed by atoms with Crippen molar-refractivity contribution < 1.29 is 23.4 Å². The van der Waals surface area contributed by atoms with E-state index in [0.717, 1.165) is 25.2 Å². The van der Waals surface area contributed by atoms with Crippen LogP contribution in [0.25, 0.3) is 0 Å². The molecular formula is C22H32F2O3. The van der Waals surface area contributed by atoms with Crippen LogP contribution in [0.2, 0.25) is 0 Å². The number of ether oxygens (including phenoxy) is 2. The lowest BCUT2D eigenvalue weighted by molar-refractivity contribution is -0.192. The first-order chi connectivity index (χ1) is 13.0. The Morgan fingerprint density at radius 2 is 1.78 bits per heavy atom. The molecule has 1 N–H and O–H groups in total. The van der Waals surface area contributed by atoms with Crippen LogP contribution < -0.4 is 4.74 Å². The standard InChI is InChI=1S/C22H32F2O3/c1-3-5-14-6-8-15(9-7-14)18-12-11-17(22(25)27-18)16-10-13-19(26-4-2)21(24)20(16)23/h10,13-15,17-18,22,25H,3-9,11-12H2,1-2H3/t14-,15-,17?,18?,22?. The molecule has 2 fully saturated rings. The molecule has 5 heteroatoms. The van der Waals surface area contributed by atoms with Crippen molar-refractivity contribution in [2.45, 2.75) is 83.5 Å². The van der Waals surface area contributed by atoms with E-state index in [1.54, 1.807) is 6.92 Å². The molecule has 0 amide bonds. The van der Waals surface area contributed by atoms with Crippen molar-refractivity contribution in [3.8, 4) is 5.75 Å². The molecule has 2 aliphatic rings. The molecule has 1 saturated heterocycles. The quantitative estimate of drug-likeness (QED) is 0.701. The first-order valence-electron chi connectivity index (χ1n) is 10.5. The van der Waals surface area contributed by atoms with Crippen LogP contribution in [0.4, 0.5) is 8.78 Å². The van der Waals surface area contributed by atoms with Gasteiger partial charge in [0.1, 0.15) is 0 Å². The fraction of sp³-hybridized carbons (Fsp3) is 0.727. The lowest BCUT2D eigenvalue weighted by Crippen LogP contribution is -2.39. The first kappa shape index (κ1) is 20.5. The van der Waals surface area contributed by atoms with Crippen LogP contribution in [0.15, 0.2) is 12.1 Å². The minimum atomic E-state index is -1.09. The topological polar surface area (TPSA) is 38.7 Å². The third-order valence-electron chi connectivity index (χ3n) is 6.31. The van der Waals surface area contributed by atoms with Gasteiger partial charge in [-0.15, -0.1) is 0 Å². The highest BCUT2D eigenvalue weighted by atomic mass is 19.2. The summed E-state index contributed by atoms with van der Waals surface area (Å²) in [6.45, 7) is 4.22. The monoisotopic (exact) mass is 382 g/mol. The van der Waals surface area contributed by atoms with Gasteiger partial charge in [0.2, 0.25) is 5.82 Å². The molecule has 1 aliphatic heterocycles. The van der Waals surface area contributed by atoms with Gasteiger partial charge in [0, 0.05) is 5.92 Å². The molecule has 27 heavy (non-hydrogen) atoms. The molecule has 3 atom stereocenters. The van der Waals surface area contributed by atoms with Crippen LogP contribution in [0.3, 0.4) is 0 Å². The number of halogens is 2. The molecular weight excluding hydrogens is 350 g/mol. The average molecular weight is 382 g/mol. The van der Waals surface area contributed by atoms with Crippen molar-refractivity contribution in [2.75, 3.05) is 6.61 Å². The predicted octanol–water partition coefficient (Wildman–Crippen LogP) is 5.55. The van der Waals surface area contributed by atoms with Gasteiger partial charge in [-0.3, -0.25) is 0 Å². The Kier molecular flexibility index (Phi) is 7.10. The van der Waals surface area contributed by atoms with Crippen LogP contribution in [0.5, 0.6) is 5.75 Å². The van der Waals surface area contributed by atoms with Crippen molar-refractivity contribution in [2.24, 2.45) is 11.8 Å². The van der Waals surface area contributed by atoms with E-state index in [4.69, 9.17) is 9.47 Å². The normalized spacial score (nSPS) is 31.7. The van der Waals surface area contributed by atoms with Gasteiger partial charge >= 0.3 is 0 Å². The van der Waals surface area contributed by atoms with Gasteiger partial charge in [-0.2, -0.15) is 4.39 Å². The second-order valence-electron chi connectivity index (χ2n) is 8.03. The fourth-order valence-corrected chi connectivity index (χ4v) is 4.84. The van der Waals surface area contributed by atoms with Crippen LogP contribution in [-0.2, 0) is 4.74 Å². The van der Waals surface area contributed by atoms with E-state index in [-0.39, 0.29) is 24.0 Å². The van der Waals surface area contributed by atoms with Crippen molar-refractivity contribution in [1.29, 1.82) is 0 Å². The van der Waals surface area contributed by atoms with E-state index in [1.165, 1.54) is 37.8 Å². The van der Waals surface area contributed by atoms with Gasteiger partial charge < -0.3 is 14.6 Å². The van der Waals surface area contributed by atoms with Crippen LogP contribution in [-0.4, -0.2) is 24.1 Å². The Morgan fingerprint density at radius 3 is 2.41 bits per heavy atom. The number of benzene rings is 1. The van der Waals surface area contributed by atoms with Crippen molar-refractivity contribution >= 4 is 0 Å². The van der Waals surface area contributed by atoms with E-state index in [2.05, 4.69) is 6.92 Å². The lowest BCUT2D eigenvalue weighted by Gasteiger charge is -2.40. The summed E-state index contributed by atoms with van der Waals surface area (Å²) in [5.74, 6) is -1.26. The molecule has 3 nitrogen and oxygen atoms in total. The van der Waals surface area contributed by atoms with E-state index in [9.17, 15) is 13.9 Å². The third-order valence-corrected chi connectivity index (χ3v) is 6.31. The molecule has 1 heterocycles. The Labute approximate surface area is 161 Å².